The Morgan fingerprint density at radius 3 is 2.73 bits per heavy atom. The van der Waals surface area contributed by atoms with Crippen molar-refractivity contribution in [3.05, 3.63) is 82.9 Å². The van der Waals surface area contributed by atoms with Gasteiger partial charge < -0.3 is 10.1 Å². The molecule has 5 rings (SSSR count). The highest BCUT2D eigenvalue weighted by atomic mass is 32.1. The lowest BCUT2D eigenvalue weighted by atomic mass is 9.95. The lowest BCUT2D eigenvalue weighted by Crippen LogP contribution is -2.35. The summed E-state index contributed by atoms with van der Waals surface area (Å²) >= 11 is 1.71. The number of hydrogen-bond donors (Lipinski definition) is 1. The number of aromatic nitrogens is 1. The molecule has 0 spiro atoms. The molecule has 1 saturated carbocycles. The summed E-state index contributed by atoms with van der Waals surface area (Å²) in [6.07, 6.45) is 3.65. The molecule has 4 nitrogen and oxygen atoms in total. The molecule has 4 aromatic rings. The summed E-state index contributed by atoms with van der Waals surface area (Å²) in [5.74, 6) is 0.618. The topological polar surface area (TPSA) is 51.2 Å². The second-order valence-corrected chi connectivity index (χ2v) is 8.74. The molecule has 1 fully saturated rings. The van der Waals surface area contributed by atoms with Crippen molar-refractivity contribution in [2.45, 2.75) is 25.3 Å². The van der Waals surface area contributed by atoms with Crippen molar-refractivity contribution < 1.29 is 9.53 Å². The highest BCUT2D eigenvalue weighted by Crippen LogP contribution is 2.49. The van der Waals surface area contributed by atoms with Gasteiger partial charge in [-0.3, -0.25) is 9.78 Å². The van der Waals surface area contributed by atoms with E-state index < -0.39 is 0 Å². The number of thiophene rings is 1. The lowest BCUT2D eigenvalue weighted by molar-refractivity contribution is 0.0930. The van der Waals surface area contributed by atoms with Crippen LogP contribution in [0.2, 0.25) is 0 Å². The Morgan fingerprint density at radius 2 is 2.00 bits per heavy atom. The molecule has 2 heterocycles. The molecule has 1 aliphatic rings. The van der Waals surface area contributed by atoms with Crippen LogP contribution in [0.15, 0.2) is 66.2 Å². The molecular weight excluding hydrogens is 392 g/mol. The number of amides is 1. The molecule has 2 aromatic heterocycles. The van der Waals surface area contributed by atoms with Crippen LogP contribution in [0.1, 0.15) is 34.3 Å². The minimum absolute atomic E-state index is 0.0672. The Bertz CT molecular complexity index is 1240. The van der Waals surface area contributed by atoms with Gasteiger partial charge in [-0.1, -0.05) is 18.2 Å². The highest BCUT2D eigenvalue weighted by molar-refractivity contribution is 7.13. The molecule has 0 atom stereocenters. The van der Waals surface area contributed by atoms with Crippen LogP contribution in [0.25, 0.3) is 21.3 Å². The Balaban J connectivity index is 1.57. The van der Waals surface area contributed by atoms with Crippen molar-refractivity contribution in [1.82, 2.24) is 10.3 Å². The van der Waals surface area contributed by atoms with E-state index in [1.807, 2.05) is 37.4 Å². The minimum Gasteiger partial charge on any atom is -0.497 e. The molecule has 2 aromatic carbocycles. The van der Waals surface area contributed by atoms with Crippen LogP contribution in [0.4, 0.5) is 0 Å². The largest absolute Gasteiger partial charge is 0.497 e. The van der Waals surface area contributed by atoms with Gasteiger partial charge in [0.1, 0.15) is 5.75 Å². The average Bonchev–Trinajstić information content (AvgIpc) is 3.33. The van der Waals surface area contributed by atoms with Crippen molar-refractivity contribution in [2.75, 3.05) is 7.11 Å². The van der Waals surface area contributed by atoms with Crippen molar-refractivity contribution in [3.63, 3.8) is 0 Å². The maximum absolute atomic E-state index is 13.2. The Hall–Kier alpha value is -3.18. The predicted molar refractivity (Wildman–Crippen MR) is 121 cm³/mol. The van der Waals surface area contributed by atoms with E-state index in [0.717, 1.165) is 40.4 Å². The van der Waals surface area contributed by atoms with E-state index in [-0.39, 0.29) is 11.4 Å². The van der Waals surface area contributed by atoms with Crippen LogP contribution in [0.5, 0.6) is 5.75 Å². The van der Waals surface area contributed by atoms with E-state index in [2.05, 4.69) is 46.0 Å². The van der Waals surface area contributed by atoms with Crippen LogP contribution in [0, 0.1) is 6.92 Å². The number of carbonyl (C=O) groups is 1. The van der Waals surface area contributed by atoms with Gasteiger partial charge in [0.15, 0.2) is 0 Å². The summed E-state index contributed by atoms with van der Waals surface area (Å²) in [6, 6.07) is 18.2. The molecular formula is C25H22N2O2S. The van der Waals surface area contributed by atoms with Crippen LogP contribution in [0.3, 0.4) is 0 Å². The number of benzene rings is 2. The molecule has 0 bridgehead atoms. The fourth-order valence-electron chi connectivity index (χ4n) is 4.01. The Kier molecular flexibility index (Phi) is 4.55. The van der Waals surface area contributed by atoms with Gasteiger partial charge >= 0.3 is 0 Å². The average molecular weight is 415 g/mol. The lowest BCUT2D eigenvalue weighted by Gasteiger charge is -2.22. The molecule has 150 valence electrons. The SMILES string of the molecule is COc1ccc(C)c(C(=O)NC2(c3cc(-c4cccs4)cc4ncccc34)CC2)c1. The number of pyridine rings is 1. The zero-order valence-electron chi connectivity index (χ0n) is 16.9. The highest BCUT2D eigenvalue weighted by Gasteiger charge is 2.47. The van der Waals surface area contributed by atoms with Crippen molar-refractivity contribution >= 4 is 28.1 Å². The van der Waals surface area contributed by atoms with Crippen LogP contribution < -0.4 is 10.1 Å². The summed E-state index contributed by atoms with van der Waals surface area (Å²) < 4.78 is 5.32. The molecule has 0 aliphatic heterocycles. The van der Waals surface area contributed by atoms with Crippen LogP contribution >= 0.6 is 11.3 Å². The number of methoxy groups -OCH3 is 1. The normalized spacial score (nSPS) is 14.5. The first kappa shape index (κ1) is 18.8. The Labute approximate surface area is 179 Å². The first-order valence-corrected chi connectivity index (χ1v) is 10.9. The smallest absolute Gasteiger partial charge is 0.252 e. The maximum Gasteiger partial charge on any atom is 0.252 e. The summed E-state index contributed by atoms with van der Waals surface area (Å²) in [4.78, 5) is 19.0. The van der Waals surface area contributed by atoms with E-state index in [4.69, 9.17) is 4.74 Å². The quantitative estimate of drug-likeness (QED) is 0.456. The number of hydrogen-bond acceptors (Lipinski definition) is 4. The number of rotatable bonds is 5. The molecule has 0 radical (unpaired) electrons. The van der Waals surface area contributed by atoms with E-state index in [0.29, 0.717) is 11.3 Å². The molecule has 0 saturated heterocycles. The monoisotopic (exact) mass is 414 g/mol. The Morgan fingerprint density at radius 1 is 1.13 bits per heavy atom. The molecule has 0 unspecified atom stereocenters. The van der Waals surface area contributed by atoms with Gasteiger partial charge in [-0.2, -0.15) is 0 Å². The molecule has 1 amide bonds. The molecule has 1 aliphatic carbocycles. The van der Waals surface area contributed by atoms with Gasteiger partial charge in [0.05, 0.1) is 18.2 Å². The van der Waals surface area contributed by atoms with Crippen molar-refractivity contribution in [1.29, 1.82) is 0 Å². The van der Waals surface area contributed by atoms with Crippen molar-refractivity contribution in [3.8, 4) is 16.2 Å². The van der Waals surface area contributed by atoms with Gasteiger partial charge in [0, 0.05) is 22.0 Å². The molecule has 1 N–H and O–H groups in total. The van der Waals surface area contributed by atoms with E-state index in [1.165, 1.54) is 4.88 Å². The second kappa shape index (κ2) is 7.26. The summed E-state index contributed by atoms with van der Waals surface area (Å²) in [5, 5.41) is 6.51. The number of nitrogens with zero attached hydrogens (tertiary/aromatic N) is 1. The minimum atomic E-state index is -0.360. The fourth-order valence-corrected chi connectivity index (χ4v) is 4.72. The maximum atomic E-state index is 13.2. The summed E-state index contributed by atoms with van der Waals surface area (Å²) in [6.45, 7) is 1.95. The third-order valence-electron chi connectivity index (χ3n) is 5.83. The zero-order valence-corrected chi connectivity index (χ0v) is 17.8. The zero-order chi connectivity index (χ0) is 20.7. The van der Waals surface area contributed by atoms with E-state index >= 15 is 0 Å². The third kappa shape index (κ3) is 3.25. The summed E-state index contributed by atoms with van der Waals surface area (Å²) in [5.41, 5.74) is 4.47. The number of nitrogens with one attached hydrogen (secondary N) is 1. The number of fused-ring (bicyclic) bond motifs is 1. The number of aryl methyl sites for hydroxylation is 1. The first-order valence-electron chi connectivity index (χ1n) is 10.00. The van der Waals surface area contributed by atoms with Crippen LogP contribution in [-0.4, -0.2) is 18.0 Å². The van der Waals surface area contributed by atoms with Gasteiger partial charge in [-0.15, -0.1) is 11.3 Å². The first-order chi connectivity index (χ1) is 14.6. The van der Waals surface area contributed by atoms with Gasteiger partial charge in [-0.05, 0) is 78.2 Å². The van der Waals surface area contributed by atoms with Gasteiger partial charge in [0.25, 0.3) is 5.91 Å². The number of ether oxygens (including phenoxy) is 1. The van der Waals surface area contributed by atoms with Gasteiger partial charge in [0.2, 0.25) is 0 Å². The molecule has 30 heavy (non-hydrogen) atoms. The fraction of sp³-hybridized carbons (Fsp3) is 0.200. The summed E-state index contributed by atoms with van der Waals surface area (Å²) in [7, 11) is 1.62. The second-order valence-electron chi connectivity index (χ2n) is 7.79. The van der Waals surface area contributed by atoms with E-state index in [1.54, 1.807) is 18.4 Å². The standard InChI is InChI=1S/C25H22N2O2S/c1-16-7-8-18(29-2)15-20(16)24(28)27-25(9-10-25)21-13-17(23-6-4-12-30-23)14-22-19(21)5-3-11-26-22/h3-8,11-15H,9-10H2,1-2H3,(H,27,28). The van der Waals surface area contributed by atoms with E-state index in [9.17, 15) is 4.79 Å². The van der Waals surface area contributed by atoms with Crippen LogP contribution in [-0.2, 0) is 5.54 Å². The third-order valence-corrected chi connectivity index (χ3v) is 6.75. The number of carbonyl (C=O) groups excluding carboxylic acids is 1. The predicted octanol–water partition coefficient (Wildman–Crippen LogP) is 5.70. The van der Waals surface area contributed by atoms with Gasteiger partial charge in [-0.25, -0.2) is 0 Å². The van der Waals surface area contributed by atoms with Crippen molar-refractivity contribution in [2.24, 2.45) is 0 Å². The molecule has 5 heteroatoms.